The van der Waals surface area contributed by atoms with Crippen molar-refractivity contribution in [2.75, 3.05) is 5.32 Å². The van der Waals surface area contributed by atoms with Gasteiger partial charge < -0.3 is 5.32 Å². The van der Waals surface area contributed by atoms with E-state index in [-0.39, 0.29) is 17.5 Å². The van der Waals surface area contributed by atoms with Crippen molar-refractivity contribution >= 4 is 5.69 Å². The van der Waals surface area contributed by atoms with E-state index in [1.807, 2.05) is 13.8 Å². The molecule has 1 aromatic carbocycles. The molecule has 1 N–H and O–H groups in total. The number of nitrogens with one attached hydrogen (secondary N) is 1. The lowest BCUT2D eigenvalue weighted by atomic mass is 9.92. The van der Waals surface area contributed by atoms with Gasteiger partial charge in [0.1, 0.15) is 5.69 Å². The van der Waals surface area contributed by atoms with Crippen molar-refractivity contribution in [1.82, 2.24) is 0 Å². The van der Waals surface area contributed by atoms with Crippen molar-refractivity contribution in [3.05, 3.63) is 29.3 Å². The molecule has 18 heavy (non-hydrogen) atoms. The molecule has 1 nitrogen and oxygen atoms in total. The first kappa shape index (κ1) is 13.2. The van der Waals surface area contributed by atoms with E-state index in [1.165, 1.54) is 0 Å². The maximum atomic E-state index is 13.4. The SMILES string of the molecule is CC1(C)CCC(Nc2c(F)c(F)cc(F)c2F)C1. The maximum Gasteiger partial charge on any atom is 0.185 e. The lowest BCUT2D eigenvalue weighted by Crippen LogP contribution is -2.20. The van der Waals surface area contributed by atoms with Crippen molar-refractivity contribution < 1.29 is 17.6 Å². The number of halogens is 4. The Morgan fingerprint density at radius 1 is 1.11 bits per heavy atom. The zero-order valence-electron chi connectivity index (χ0n) is 10.3. The normalized spacial score (nSPS) is 22.2. The highest BCUT2D eigenvalue weighted by atomic mass is 19.2. The van der Waals surface area contributed by atoms with Gasteiger partial charge in [0, 0.05) is 12.1 Å². The Morgan fingerprint density at radius 2 is 1.67 bits per heavy atom. The highest BCUT2D eigenvalue weighted by Gasteiger charge is 2.32. The average Bonchev–Trinajstić information content (AvgIpc) is 2.62. The van der Waals surface area contributed by atoms with Crippen LogP contribution in [0.2, 0.25) is 0 Å². The number of rotatable bonds is 2. The minimum Gasteiger partial charge on any atom is -0.377 e. The summed E-state index contributed by atoms with van der Waals surface area (Å²) in [6.45, 7) is 4.10. The van der Waals surface area contributed by atoms with Gasteiger partial charge in [-0.2, -0.15) is 0 Å². The fourth-order valence-electron chi connectivity index (χ4n) is 2.46. The second-order valence-electron chi connectivity index (χ2n) is 5.59. The Morgan fingerprint density at radius 3 is 2.11 bits per heavy atom. The van der Waals surface area contributed by atoms with Gasteiger partial charge in [0.05, 0.1) is 0 Å². The average molecular weight is 261 g/mol. The molecule has 1 aliphatic carbocycles. The second kappa shape index (κ2) is 4.44. The zero-order valence-corrected chi connectivity index (χ0v) is 10.3. The lowest BCUT2D eigenvalue weighted by Gasteiger charge is -2.19. The summed E-state index contributed by atoms with van der Waals surface area (Å²) in [6, 6.07) is 0.0548. The smallest absolute Gasteiger partial charge is 0.185 e. The Balaban J connectivity index is 2.25. The van der Waals surface area contributed by atoms with Crippen LogP contribution >= 0.6 is 0 Å². The number of benzene rings is 1. The molecule has 100 valence electrons. The standard InChI is InChI=1S/C13H15F4N/c1-13(2)4-3-7(6-13)18-12-10(16)8(14)5-9(15)11(12)17/h5,7,18H,3-4,6H2,1-2H3. The first-order valence-electron chi connectivity index (χ1n) is 5.90. The van der Waals surface area contributed by atoms with E-state index in [0.717, 1.165) is 12.8 Å². The molecule has 0 saturated heterocycles. The van der Waals surface area contributed by atoms with Gasteiger partial charge in [0.15, 0.2) is 23.3 Å². The fraction of sp³-hybridized carbons (Fsp3) is 0.538. The second-order valence-corrected chi connectivity index (χ2v) is 5.59. The summed E-state index contributed by atoms with van der Waals surface area (Å²) < 4.78 is 52.9. The number of hydrogen-bond donors (Lipinski definition) is 1. The largest absolute Gasteiger partial charge is 0.377 e. The summed E-state index contributed by atoms with van der Waals surface area (Å²) in [5.74, 6) is -5.49. The van der Waals surface area contributed by atoms with Gasteiger partial charge in [-0.05, 0) is 24.7 Å². The molecular weight excluding hydrogens is 246 g/mol. The fourth-order valence-corrected chi connectivity index (χ4v) is 2.46. The summed E-state index contributed by atoms with van der Waals surface area (Å²) in [4.78, 5) is 0. The van der Waals surface area contributed by atoms with Crippen LogP contribution in [-0.2, 0) is 0 Å². The summed E-state index contributed by atoms with van der Waals surface area (Å²) in [5.41, 5.74) is -0.619. The highest BCUT2D eigenvalue weighted by Crippen LogP contribution is 2.39. The summed E-state index contributed by atoms with van der Waals surface area (Å²) in [5, 5.41) is 2.58. The molecule has 1 saturated carbocycles. The van der Waals surface area contributed by atoms with E-state index >= 15 is 0 Å². The quantitative estimate of drug-likeness (QED) is 0.620. The molecule has 1 fully saturated rings. The van der Waals surface area contributed by atoms with Crippen LogP contribution in [0.5, 0.6) is 0 Å². The molecule has 1 aromatic rings. The molecule has 0 spiro atoms. The zero-order chi connectivity index (χ0) is 13.5. The first-order valence-corrected chi connectivity index (χ1v) is 5.90. The molecule has 1 unspecified atom stereocenters. The van der Waals surface area contributed by atoms with Gasteiger partial charge in [-0.25, -0.2) is 17.6 Å². The van der Waals surface area contributed by atoms with Crippen LogP contribution in [0.3, 0.4) is 0 Å². The van der Waals surface area contributed by atoms with E-state index in [2.05, 4.69) is 5.32 Å². The summed E-state index contributed by atoms with van der Waals surface area (Å²) >= 11 is 0. The van der Waals surface area contributed by atoms with Gasteiger partial charge in [-0.15, -0.1) is 0 Å². The van der Waals surface area contributed by atoms with Crippen molar-refractivity contribution in [2.24, 2.45) is 5.41 Å². The van der Waals surface area contributed by atoms with Crippen molar-refractivity contribution in [2.45, 2.75) is 39.2 Å². The Bertz CT molecular complexity index is 444. The van der Waals surface area contributed by atoms with Gasteiger partial charge >= 0.3 is 0 Å². The van der Waals surface area contributed by atoms with Crippen molar-refractivity contribution in [3.63, 3.8) is 0 Å². The van der Waals surface area contributed by atoms with E-state index in [9.17, 15) is 17.6 Å². The van der Waals surface area contributed by atoms with Crippen LogP contribution in [0.25, 0.3) is 0 Å². The topological polar surface area (TPSA) is 12.0 Å². The third kappa shape index (κ3) is 2.44. The molecule has 0 bridgehead atoms. The van der Waals surface area contributed by atoms with E-state index in [0.29, 0.717) is 6.42 Å². The molecule has 5 heteroatoms. The summed E-state index contributed by atoms with van der Waals surface area (Å²) in [7, 11) is 0. The number of anilines is 1. The van der Waals surface area contributed by atoms with Crippen LogP contribution in [0.15, 0.2) is 6.07 Å². The predicted octanol–water partition coefficient (Wildman–Crippen LogP) is 4.23. The monoisotopic (exact) mass is 261 g/mol. The molecule has 0 radical (unpaired) electrons. The molecule has 0 aromatic heterocycles. The maximum absolute atomic E-state index is 13.4. The van der Waals surface area contributed by atoms with Gasteiger partial charge in [-0.1, -0.05) is 13.8 Å². The van der Waals surface area contributed by atoms with Crippen LogP contribution in [0.1, 0.15) is 33.1 Å². The molecule has 1 atom stereocenters. The molecule has 0 aliphatic heterocycles. The highest BCUT2D eigenvalue weighted by molar-refractivity contribution is 5.48. The summed E-state index contributed by atoms with van der Waals surface area (Å²) in [6.07, 6.45) is 2.35. The Kier molecular flexibility index (Phi) is 3.25. The molecule has 0 amide bonds. The van der Waals surface area contributed by atoms with Crippen LogP contribution in [0, 0.1) is 28.7 Å². The third-order valence-corrected chi connectivity index (χ3v) is 3.43. The Hall–Kier alpha value is -1.26. The van der Waals surface area contributed by atoms with Gasteiger partial charge in [-0.3, -0.25) is 0 Å². The minimum atomic E-state index is -1.38. The first-order chi connectivity index (χ1) is 8.30. The van der Waals surface area contributed by atoms with Crippen LogP contribution in [-0.4, -0.2) is 6.04 Å². The van der Waals surface area contributed by atoms with Crippen LogP contribution in [0.4, 0.5) is 23.2 Å². The Labute approximate surface area is 103 Å². The van der Waals surface area contributed by atoms with Crippen LogP contribution < -0.4 is 5.32 Å². The minimum absolute atomic E-state index is 0.0798. The van der Waals surface area contributed by atoms with Gasteiger partial charge in [0.25, 0.3) is 0 Å². The molecule has 0 heterocycles. The van der Waals surface area contributed by atoms with Crippen molar-refractivity contribution in [3.8, 4) is 0 Å². The van der Waals surface area contributed by atoms with Crippen molar-refractivity contribution in [1.29, 1.82) is 0 Å². The number of hydrogen-bond acceptors (Lipinski definition) is 1. The third-order valence-electron chi connectivity index (χ3n) is 3.43. The molecule has 1 aliphatic rings. The molecular formula is C13H15F4N. The predicted molar refractivity (Wildman–Crippen MR) is 61.3 cm³/mol. The van der Waals surface area contributed by atoms with E-state index < -0.39 is 29.0 Å². The lowest BCUT2D eigenvalue weighted by molar-refractivity contribution is 0.378. The van der Waals surface area contributed by atoms with E-state index in [1.54, 1.807) is 0 Å². The molecule has 2 rings (SSSR count). The van der Waals surface area contributed by atoms with E-state index in [4.69, 9.17) is 0 Å². The van der Waals surface area contributed by atoms with Gasteiger partial charge in [0.2, 0.25) is 0 Å².